The Balaban J connectivity index is 1.77. The number of nitrogens with one attached hydrogen (secondary N) is 2. The van der Waals surface area contributed by atoms with Gasteiger partial charge in [0.1, 0.15) is 5.82 Å². The van der Waals surface area contributed by atoms with Crippen molar-refractivity contribution < 1.29 is 17.6 Å². The molecule has 7 heteroatoms. The second-order valence-corrected chi connectivity index (χ2v) is 6.63. The Labute approximate surface area is 134 Å². The van der Waals surface area contributed by atoms with E-state index < -0.39 is 15.8 Å². The smallest absolute Gasteiger partial charge is 0.240 e. The maximum absolute atomic E-state index is 13.0. The second kappa shape index (κ2) is 7.85. The Morgan fingerprint density at radius 2 is 1.74 bits per heavy atom. The molecule has 23 heavy (non-hydrogen) atoms. The summed E-state index contributed by atoms with van der Waals surface area (Å²) in [5, 5.41) is 2.63. The van der Waals surface area contributed by atoms with Gasteiger partial charge in [-0.1, -0.05) is 36.4 Å². The summed E-state index contributed by atoms with van der Waals surface area (Å²) in [4.78, 5) is 11.6. The number of carbonyl (C=O) groups is 1. The quantitative estimate of drug-likeness (QED) is 0.752. The summed E-state index contributed by atoms with van der Waals surface area (Å²) < 4.78 is 39.2. The Kier molecular flexibility index (Phi) is 5.84. The van der Waals surface area contributed by atoms with Crippen molar-refractivity contribution in [2.75, 3.05) is 13.1 Å². The van der Waals surface area contributed by atoms with Crippen LogP contribution in [0.3, 0.4) is 0 Å². The largest absolute Gasteiger partial charge is 0.355 e. The van der Waals surface area contributed by atoms with E-state index >= 15 is 0 Å². The zero-order valence-electron chi connectivity index (χ0n) is 12.3. The lowest BCUT2D eigenvalue weighted by Gasteiger charge is -2.08. The third kappa shape index (κ3) is 5.46. The molecule has 0 aliphatic heterocycles. The predicted molar refractivity (Wildman–Crippen MR) is 84.7 cm³/mol. The van der Waals surface area contributed by atoms with Crippen molar-refractivity contribution in [1.82, 2.24) is 10.0 Å². The van der Waals surface area contributed by atoms with Crippen LogP contribution in [0.4, 0.5) is 4.39 Å². The highest BCUT2D eigenvalue weighted by atomic mass is 32.2. The van der Waals surface area contributed by atoms with Gasteiger partial charge < -0.3 is 5.32 Å². The maximum atomic E-state index is 13.0. The third-order valence-electron chi connectivity index (χ3n) is 3.05. The van der Waals surface area contributed by atoms with Crippen LogP contribution in [0.1, 0.15) is 5.56 Å². The molecule has 0 saturated carbocycles. The van der Waals surface area contributed by atoms with Gasteiger partial charge in [-0.25, -0.2) is 17.5 Å². The number of amides is 1. The molecule has 0 aliphatic rings. The molecule has 0 fully saturated rings. The fraction of sp³-hybridized carbons (Fsp3) is 0.188. The van der Waals surface area contributed by atoms with E-state index in [1.807, 2.05) is 30.3 Å². The SMILES string of the molecule is O=C(Cc1ccccc1)NCCNS(=O)(=O)c1cccc(F)c1. The van der Waals surface area contributed by atoms with Gasteiger partial charge in [0.25, 0.3) is 0 Å². The van der Waals surface area contributed by atoms with Gasteiger partial charge in [0.15, 0.2) is 0 Å². The minimum atomic E-state index is -3.78. The van der Waals surface area contributed by atoms with Crippen LogP contribution in [0.15, 0.2) is 59.5 Å². The van der Waals surface area contributed by atoms with Crippen LogP contribution >= 0.6 is 0 Å². The van der Waals surface area contributed by atoms with Gasteiger partial charge >= 0.3 is 0 Å². The van der Waals surface area contributed by atoms with E-state index in [-0.39, 0.29) is 30.3 Å². The monoisotopic (exact) mass is 336 g/mol. The van der Waals surface area contributed by atoms with Gasteiger partial charge in [-0.2, -0.15) is 0 Å². The molecule has 0 atom stereocenters. The number of carbonyl (C=O) groups excluding carboxylic acids is 1. The number of benzene rings is 2. The Bertz CT molecular complexity index is 764. The van der Waals surface area contributed by atoms with Crippen molar-refractivity contribution in [1.29, 1.82) is 0 Å². The fourth-order valence-corrected chi connectivity index (χ4v) is 3.01. The molecular weight excluding hydrogens is 319 g/mol. The molecule has 0 radical (unpaired) electrons. The van der Waals surface area contributed by atoms with Crippen LogP contribution in [0.5, 0.6) is 0 Å². The minimum Gasteiger partial charge on any atom is -0.355 e. The minimum absolute atomic E-state index is 0.0272. The van der Waals surface area contributed by atoms with E-state index in [0.717, 1.165) is 11.6 Å². The van der Waals surface area contributed by atoms with Crippen molar-refractivity contribution in [2.45, 2.75) is 11.3 Å². The van der Waals surface area contributed by atoms with Crippen molar-refractivity contribution >= 4 is 15.9 Å². The first-order valence-corrected chi connectivity index (χ1v) is 8.51. The van der Waals surface area contributed by atoms with Crippen LogP contribution in [-0.2, 0) is 21.2 Å². The van der Waals surface area contributed by atoms with Crippen molar-refractivity contribution in [3.63, 3.8) is 0 Å². The highest BCUT2D eigenvalue weighted by Crippen LogP contribution is 2.09. The third-order valence-corrected chi connectivity index (χ3v) is 4.51. The number of hydrogen-bond donors (Lipinski definition) is 2. The van der Waals surface area contributed by atoms with E-state index in [1.165, 1.54) is 18.2 Å². The summed E-state index contributed by atoms with van der Waals surface area (Å²) in [6.07, 6.45) is 0.234. The Morgan fingerprint density at radius 3 is 2.43 bits per heavy atom. The Morgan fingerprint density at radius 1 is 1.00 bits per heavy atom. The standard InChI is InChI=1S/C16H17FN2O3S/c17-14-7-4-8-15(12-14)23(21,22)19-10-9-18-16(20)11-13-5-2-1-3-6-13/h1-8,12,19H,9-11H2,(H,18,20). The number of sulfonamides is 1. The number of halogens is 1. The van der Waals surface area contributed by atoms with Gasteiger partial charge in [0.05, 0.1) is 11.3 Å². The molecule has 1 amide bonds. The average Bonchev–Trinajstić information content (AvgIpc) is 2.53. The normalized spacial score (nSPS) is 11.2. The second-order valence-electron chi connectivity index (χ2n) is 4.87. The molecule has 2 aromatic rings. The van der Waals surface area contributed by atoms with Gasteiger partial charge in [-0.3, -0.25) is 4.79 Å². The molecule has 0 heterocycles. The summed E-state index contributed by atoms with van der Waals surface area (Å²) in [6.45, 7) is 0.180. The summed E-state index contributed by atoms with van der Waals surface area (Å²) in [7, 11) is -3.78. The summed E-state index contributed by atoms with van der Waals surface area (Å²) >= 11 is 0. The molecule has 0 bridgehead atoms. The highest BCUT2D eigenvalue weighted by molar-refractivity contribution is 7.89. The van der Waals surface area contributed by atoms with Gasteiger partial charge in [-0.15, -0.1) is 0 Å². The van der Waals surface area contributed by atoms with Gasteiger partial charge in [-0.05, 0) is 23.8 Å². The molecule has 2 aromatic carbocycles. The van der Waals surface area contributed by atoms with E-state index in [4.69, 9.17) is 0 Å². The van der Waals surface area contributed by atoms with E-state index in [9.17, 15) is 17.6 Å². The van der Waals surface area contributed by atoms with Crippen molar-refractivity contribution in [3.8, 4) is 0 Å². The molecule has 2 N–H and O–H groups in total. The average molecular weight is 336 g/mol. The van der Waals surface area contributed by atoms with Crippen LogP contribution in [0.25, 0.3) is 0 Å². The summed E-state index contributed by atoms with van der Waals surface area (Å²) in [5.41, 5.74) is 0.880. The molecule has 0 aliphatic carbocycles. The summed E-state index contributed by atoms with van der Waals surface area (Å²) in [5.74, 6) is -0.815. The van der Waals surface area contributed by atoms with Crippen molar-refractivity contribution in [2.24, 2.45) is 0 Å². The summed E-state index contributed by atoms with van der Waals surface area (Å²) in [6, 6.07) is 14.0. The molecule has 0 spiro atoms. The van der Waals surface area contributed by atoms with Crippen LogP contribution in [0.2, 0.25) is 0 Å². The lowest BCUT2D eigenvalue weighted by Crippen LogP contribution is -2.35. The van der Waals surface area contributed by atoms with Crippen LogP contribution < -0.4 is 10.0 Å². The van der Waals surface area contributed by atoms with Crippen LogP contribution in [0, 0.1) is 5.82 Å². The number of rotatable bonds is 7. The molecule has 0 unspecified atom stereocenters. The molecule has 0 saturated heterocycles. The highest BCUT2D eigenvalue weighted by Gasteiger charge is 2.13. The van der Waals surface area contributed by atoms with Crippen molar-refractivity contribution in [3.05, 3.63) is 66.0 Å². The molecule has 122 valence electrons. The maximum Gasteiger partial charge on any atom is 0.240 e. The molecule has 5 nitrogen and oxygen atoms in total. The number of hydrogen-bond acceptors (Lipinski definition) is 3. The lowest BCUT2D eigenvalue weighted by molar-refractivity contribution is -0.120. The zero-order chi connectivity index (χ0) is 16.7. The molecular formula is C16H17FN2O3S. The fourth-order valence-electron chi connectivity index (χ4n) is 1.95. The molecule has 0 aromatic heterocycles. The lowest BCUT2D eigenvalue weighted by atomic mass is 10.1. The van der Waals surface area contributed by atoms with E-state index in [2.05, 4.69) is 10.0 Å². The zero-order valence-corrected chi connectivity index (χ0v) is 13.1. The first-order valence-electron chi connectivity index (χ1n) is 7.03. The van der Waals surface area contributed by atoms with Gasteiger partial charge in [0, 0.05) is 13.1 Å². The first kappa shape index (κ1) is 17.1. The van der Waals surface area contributed by atoms with E-state index in [0.29, 0.717) is 0 Å². The Hall–Kier alpha value is -2.25. The predicted octanol–water partition coefficient (Wildman–Crippen LogP) is 1.46. The van der Waals surface area contributed by atoms with Crippen LogP contribution in [-0.4, -0.2) is 27.4 Å². The topological polar surface area (TPSA) is 75.3 Å². The molecule has 2 rings (SSSR count). The first-order chi connectivity index (χ1) is 11.0. The van der Waals surface area contributed by atoms with E-state index in [1.54, 1.807) is 0 Å². The van der Waals surface area contributed by atoms with Gasteiger partial charge in [0.2, 0.25) is 15.9 Å².